The summed E-state index contributed by atoms with van der Waals surface area (Å²) >= 11 is 0. The average Bonchev–Trinajstić information content (AvgIpc) is 3.78. The van der Waals surface area contributed by atoms with Crippen molar-refractivity contribution in [3.8, 4) is 22.3 Å². The topological polar surface area (TPSA) is 163 Å². The summed E-state index contributed by atoms with van der Waals surface area (Å²) in [6.45, 7) is 26.1. The van der Waals surface area contributed by atoms with Crippen molar-refractivity contribution < 1.29 is 37.4 Å². The van der Waals surface area contributed by atoms with Crippen molar-refractivity contribution in [3.05, 3.63) is 71.8 Å². The van der Waals surface area contributed by atoms with Crippen LogP contribution in [0.1, 0.15) is 127 Å². The predicted molar refractivity (Wildman–Crippen MR) is 255 cm³/mol. The van der Waals surface area contributed by atoms with E-state index in [-0.39, 0.29) is 23.3 Å². The lowest BCUT2D eigenvalue weighted by molar-refractivity contribution is -0.152. The smallest absolute Gasteiger partial charge is 0.410 e. The molecule has 2 heterocycles. The lowest BCUT2D eigenvalue weighted by atomic mass is 9.69. The van der Waals surface area contributed by atoms with E-state index in [4.69, 9.17) is 19.4 Å². The second-order valence-electron chi connectivity index (χ2n) is 22.4. The van der Waals surface area contributed by atoms with Crippen molar-refractivity contribution in [2.75, 3.05) is 28.2 Å². The van der Waals surface area contributed by atoms with E-state index in [0.29, 0.717) is 44.8 Å². The third-order valence-electron chi connectivity index (χ3n) is 13.0. The molecule has 2 aromatic heterocycles. The summed E-state index contributed by atoms with van der Waals surface area (Å²) < 4.78 is 43.5. The maximum Gasteiger partial charge on any atom is 0.410 e. The Morgan fingerprint density at radius 3 is 1.38 bits per heavy atom. The molecule has 0 aliphatic carbocycles. The molecule has 0 fully saturated rings. The number of fused-ring (bicyclic) bond motifs is 2. The molecule has 1 unspecified atom stereocenters. The number of ether oxygens (including phenoxy) is 2. The summed E-state index contributed by atoms with van der Waals surface area (Å²) in [7, 11) is 6.22. The van der Waals surface area contributed by atoms with E-state index in [2.05, 4.69) is 15.3 Å². The highest BCUT2D eigenvalue weighted by molar-refractivity contribution is 5.91. The summed E-state index contributed by atoms with van der Waals surface area (Å²) in [5, 5.41) is 3.07. The highest BCUT2D eigenvalue weighted by Gasteiger charge is 2.51. The van der Waals surface area contributed by atoms with E-state index < -0.39 is 74.5 Å². The standard InChI is InChI=1S/C51H69F2N7O6/c1-46(2,3)32(25-39(61)50(13,48(7,8)9)65-44(63)59(15)16)41-54-35-23-30(33(52)26-37(35)55-41)28-19-21-29(22-20-28)31-24-36-38(27-34(31)53)57-42(56-36)40(47(4,5)6)58-43(62)51(14,49(10,11)12)66-45(64)60(17)18/h19-24,26-27,32,40H,25H2,1-18H3,(H,54,55)(H,56,57)(H,58,62)/t32?,40-,50+,51+/m1/s1. The highest BCUT2D eigenvalue weighted by Crippen LogP contribution is 2.44. The molecule has 0 spiro atoms. The van der Waals surface area contributed by atoms with Crippen LogP contribution in [0.15, 0.2) is 48.5 Å². The van der Waals surface area contributed by atoms with Gasteiger partial charge in [-0.2, -0.15) is 0 Å². The first-order valence-corrected chi connectivity index (χ1v) is 22.2. The Morgan fingerprint density at radius 2 is 1.00 bits per heavy atom. The van der Waals surface area contributed by atoms with Gasteiger partial charge in [-0.3, -0.25) is 9.59 Å². The second-order valence-corrected chi connectivity index (χ2v) is 22.4. The molecular weight excluding hydrogens is 845 g/mol. The third-order valence-corrected chi connectivity index (χ3v) is 13.0. The Labute approximate surface area is 387 Å². The van der Waals surface area contributed by atoms with Gasteiger partial charge in [-0.15, -0.1) is 0 Å². The fourth-order valence-corrected chi connectivity index (χ4v) is 7.53. The summed E-state index contributed by atoms with van der Waals surface area (Å²) in [6, 6.07) is 12.2. The lowest BCUT2D eigenvalue weighted by Gasteiger charge is -2.42. The van der Waals surface area contributed by atoms with E-state index in [1.165, 1.54) is 21.9 Å². The summed E-state index contributed by atoms with van der Waals surface area (Å²) in [5.74, 6) is -1.32. The minimum Gasteiger partial charge on any atom is -0.435 e. The van der Waals surface area contributed by atoms with Crippen LogP contribution in [0, 0.1) is 33.3 Å². The quantitative estimate of drug-likeness (QED) is 0.118. The second kappa shape index (κ2) is 17.7. The number of ketones is 1. The number of nitrogens with one attached hydrogen (secondary N) is 3. The number of hydrogen-bond acceptors (Lipinski definition) is 8. The van der Waals surface area contributed by atoms with Gasteiger partial charge in [0.1, 0.15) is 23.3 Å². The third kappa shape index (κ3) is 10.2. The van der Waals surface area contributed by atoms with Crippen molar-refractivity contribution in [3.63, 3.8) is 0 Å². The monoisotopic (exact) mass is 914 g/mol. The molecule has 13 nitrogen and oxygen atoms in total. The zero-order valence-corrected chi connectivity index (χ0v) is 42.0. The Balaban J connectivity index is 1.45. The Morgan fingerprint density at radius 1 is 0.606 bits per heavy atom. The maximum absolute atomic E-state index is 16.0. The molecule has 0 saturated carbocycles. The maximum atomic E-state index is 16.0. The number of benzene rings is 3. The van der Waals surface area contributed by atoms with Crippen molar-refractivity contribution in [1.82, 2.24) is 35.1 Å². The van der Waals surface area contributed by atoms with E-state index in [1.807, 2.05) is 83.1 Å². The summed E-state index contributed by atoms with van der Waals surface area (Å²) in [6.07, 6.45) is -1.26. The van der Waals surface area contributed by atoms with Crippen LogP contribution < -0.4 is 5.32 Å². The van der Waals surface area contributed by atoms with Gasteiger partial charge in [-0.25, -0.2) is 28.3 Å². The van der Waals surface area contributed by atoms with E-state index in [9.17, 15) is 19.2 Å². The van der Waals surface area contributed by atoms with Crippen LogP contribution in [0.3, 0.4) is 0 Å². The van der Waals surface area contributed by atoms with E-state index in [0.717, 1.165) is 0 Å². The van der Waals surface area contributed by atoms with Crippen LogP contribution in [-0.2, 0) is 19.1 Å². The van der Waals surface area contributed by atoms with Gasteiger partial charge in [0.25, 0.3) is 5.91 Å². The molecule has 5 rings (SSSR count). The SMILES string of the molecule is CN(C)C(=O)O[C@@](C)(C(=O)CC(c1nc2cc(-c3ccc(-c4cc5nc([C@@H](NC(=O)[C@](C)(OC(=O)N(C)C)C(C)(C)C)C(C)(C)C)[nH]c5cc4F)cc3)c(F)cc2[nH]1)C(C)(C)C)C(C)(C)C. The zero-order chi connectivity index (χ0) is 49.9. The molecule has 0 bridgehead atoms. The van der Waals surface area contributed by atoms with Crippen LogP contribution in [-0.4, -0.2) is 93.0 Å². The Kier molecular flexibility index (Phi) is 13.7. The minimum atomic E-state index is -1.55. The molecule has 3 N–H and O–H groups in total. The van der Waals surface area contributed by atoms with Crippen LogP contribution in [0.25, 0.3) is 44.3 Å². The van der Waals surface area contributed by atoms with Gasteiger partial charge in [0, 0.05) is 74.6 Å². The normalized spacial score (nSPS) is 15.4. The molecule has 15 heteroatoms. The molecule has 0 saturated heterocycles. The number of halogens is 2. The first-order valence-electron chi connectivity index (χ1n) is 22.2. The van der Waals surface area contributed by atoms with Crippen molar-refractivity contribution in [1.29, 1.82) is 0 Å². The van der Waals surface area contributed by atoms with Crippen molar-refractivity contribution >= 4 is 45.9 Å². The van der Waals surface area contributed by atoms with E-state index in [1.54, 1.807) is 78.4 Å². The largest absolute Gasteiger partial charge is 0.435 e. The first-order chi connectivity index (χ1) is 30.1. The average molecular weight is 914 g/mol. The van der Waals surface area contributed by atoms with Crippen molar-refractivity contribution in [2.24, 2.45) is 21.7 Å². The van der Waals surface area contributed by atoms with Gasteiger partial charge in [-0.05, 0) is 47.9 Å². The van der Waals surface area contributed by atoms with Gasteiger partial charge in [-0.1, -0.05) is 107 Å². The van der Waals surface area contributed by atoms with Gasteiger partial charge in [0.05, 0.1) is 28.1 Å². The summed E-state index contributed by atoms with van der Waals surface area (Å²) in [5.41, 5.74) is -2.07. The number of aromatic amines is 2. The van der Waals surface area contributed by atoms with Gasteiger partial charge < -0.3 is 34.6 Å². The molecule has 3 aromatic carbocycles. The molecule has 0 aliphatic rings. The zero-order valence-electron chi connectivity index (χ0n) is 42.0. The number of imidazole rings is 2. The minimum absolute atomic E-state index is 0.0110. The number of rotatable bonds is 11. The fourth-order valence-electron chi connectivity index (χ4n) is 7.53. The van der Waals surface area contributed by atoms with Crippen LogP contribution in [0.2, 0.25) is 0 Å². The molecule has 0 radical (unpaired) electrons. The number of amides is 3. The number of hydrogen-bond donors (Lipinski definition) is 3. The highest BCUT2D eigenvalue weighted by atomic mass is 19.1. The number of carbonyl (C=O) groups is 4. The Hall–Kier alpha value is -5.86. The number of carbonyl (C=O) groups excluding carboxylic acids is 4. The molecule has 4 atom stereocenters. The number of H-pyrrole nitrogens is 2. The number of Topliss-reactive ketones (excluding diaryl/α,β-unsaturated/α-hetero) is 1. The molecular formula is C51H69F2N7O6. The predicted octanol–water partition coefficient (Wildman–Crippen LogP) is 11.3. The van der Waals surface area contributed by atoms with Crippen molar-refractivity contribution in [2.45, 2.75) is 127 Å². The van der Waals surface area contributed by atoms with E-state index >= 15 is 8.78 Å². The van der Waals surface area contributed by atoms with Gasteiger partial charge >= 0.3 is 12.2 Å². The van der Waals surface area contributed by atoms with Gasteiger partial charge in [0.2, 0.25) is 0 Å². The Bertz CT molecular complexity index is 2460. The molecule has 5 aromatic rings. The molecule has 66 heavy (non-hydrogen) atoms. The number of aromatic nitrogens is 4. The van der Waals surface area contributed by atoms with Gasteiger partial charge in [0.15, 0.2) is 17.0 Å². The summed E-state index contributed by atoms with van der Waals surface area (Å²) in [4.78, 5) is 72.4. The van der Waals surface area contributed by atoms with Crippen LogP contribution in [0.4, 0.5) is 18.4 Å². The van der Waals surface area contributed by atoms with Crippen LogP contribution >= 0.6 is 0 Å². The fraction of sp³-hybridized carbons (Fsp3) is 0.529. The lowest BCUT2D eigenvalue weighted by Crippen LogP contribution is -2.58. The van der Waals surface area contributed by atoms with Crippen LogP contribution in [0.5, 0.6) is 0 Å². The number of nitrogens with zero attached hydrogens (tertiary/aromatic N) is 4. The molecule has 3 amide bonds. The first kappa shape index (κ1) is 51.1. The molecule has 358 valence electrons. The molecule has 0 aliphatic heterocycles.